The summed E-state index contributed by atoms with van der Waals surface area (Å²) in [7, 11) is 1.59. The Morgan fingerprint density at radius 1 is 1.19 bits per heavy atom. The van der Waals surface area contributed by atoms with E-state index in [0.717, 1.165) is 16.7 Å². The van der Waals surface area contributed by atoms with E-state index in [0.29, 0.717) is 29.4 Å². The highest BCUT2D eigenvalue weighted by atomic mass is 16.5. The molecule has 21 heavy (non-hydrogen) atoms. The van der Waals surface area contributed by atoms with Crippen LogP contribution in [0.25, 0.3) is 0 Å². The van der Waals surface area contributed by atoms with E-state index in [4.69, 9.17) is 20.5 Å². The molecule has 0 unspecified atom stereocenters. The largest absolute Gasteiger partial charge is 0.496 e. The first-order chi connectivity index (χ1) is 10.0. The van der Waals surface area contributed by atoms with Crippen molar-refractivity contribution in [3.05, 3.63) is 52.6 Å². The summed E-state index contributed by atoms with van der Waals surface area (Å²) in [6.07, 6.45) is 0. The van der Waals surface area contributed by atoms with Gasteiger partial charge in [-0.25, -0.2) is 0 Å². The number of nitriles is 1. The van der Waals surface area contributed by atoms with E-state index in [9.17, 15) is 0 Å². The molecular weight excluding hydrogens is 264 g/mol. The highest BCUT2D eigenvalue weighted by Crippen LogP contribution is 2.29. The molecule has 0 aliphatic rings. The summed E-state index contributed by atoms with van der Waals surface area (Å²) >= 11 is 0. The molecule has 2 aromatic carbocycles. The van der Waals surface area contributed by atoms with Gasteiger partial charge in [0.05, 0.1) is 24.4 Å². The molecule has 0 amide bonds. The molecular formula is C17H18N2O2. The number of anilines is 1. The monoisotopic (exact) mass is 282 g/mol. The SMILES string of the molecule is COc1ccc(C#N)cc1COc1c(C)cc(C)cc1N. The molecule has 108 valence electrons. The summed E-state index contributed by atoms with van der Waals surface area (Å²) in [5, 5.41) is 8.98. The van der Waals surface area contributed by atoms with Crippen LogP contribution < -0.4 is 15.2 Å². The van der Waals surface area contributed by atoms with Crippen LogP contribution in [0.4, 0.5) is 5.69 Å². The van der Waals surface area contributed by atoms with Crippen LogP contribution in [0.3, 0.4) is 0 Å². The second-order valence-electron chi connectivity index (χ2n) is 4.93. The molecule has 4 heteroatoms. The van der Waals surface area contributed by atoms with E-state index in [2.05, 4.69) is 6.07 Å². The number of nitrogens with zero attached hydrogens (tertiary/aromatic N) is 1. The topological polar surface area (TPSA) is 68.3 Å². The average molecular weight is 282 g/mol. The van der Waals surface area contributed by atoms with Crippen LogP contribution in [0.5, 0.6) is 11.5 Å². The first-order valence-corrected chi connectivity index (χ1v) is 6.61. The summed E-state index contributed by atoms with van der Waals surface area (Å²) in [5.74, 6) is 1.36. The minimum Gasteiger partial charge on any atom is -0.496 e. The molecule has 2 N–H and O–H groups in total. The molecule has 0 aliphatic carbocycles. The molecule has 0 aliphatic heterocycles. The van der Waals surface area contributed by atoms with Crippen molar-refractivity contribution in [3.63, 3.8) is 0 Å². The fraction of sp³-hybridized carbons (Fsp3) is 0.235. The third kappa shape index (κ3) is 3.26. The molecule has 0 fully saturated rings. The Hall–Kier alpha value is -2.67. The van der Waals surface area contributed by atoms with Gasteiger partial charge in [0.25, 0.3) is 0 Å². The van der Waals surface area contributed by atoms with Crippen LogP contribution in [0.15, 0.2) is 30.3 Å². The first kappa shape index (κ1) is 14.7. The van der Waals surface area contributed by atoms with Crippen LogP contribution in [0, 0.1) is 25.2 Å². The predicted octanol–water partition coefficient (Wildman–Crippen LogP) is 3.34. The molecule has 0 saturated carbocycles. The number of hydrogen-bond acceptors (Lipinski definition) is 4. The zero-order valence-corrected chi connectivity index (χ0v) is 12.4. The van der Waals surface area contributed by atoms with Gasteiger partial charge in [0.1, 0.15) is 18.1 Å². The van der Waals surface area contributed by atoms with Crippen LogP contribution in [0.1, 0.15) is 22.3 Å². The Balaban J connectivity index is 2.26. The Bertz CT molecular complexity index is 679. The Labute approximate surface area is 124 Å². The third-order valence-corrected chi connectivity index (χ3v) is 3.23. The van der Waals surface area contributed by atoms with Gasteiger partial charge < -0.3 is 15.2 Å². The number of nitrogen functional groups attached to an aromatic ring is 1. The number of aryl methyl sites for hydroxylation is 2. The number of rotatable bonds is 4. The molecule has 0 heterocycles. The third-order valence-electron chi connectivity index (χ3n) is 3.23. The highest BCUT2D eigenvalue weighted by Gasteiger charge is 2.09. The quantitative estimate of drug-likeness (QED) is 0.873. The molecule has 2 rings (SSSR count). The number of methoxy groups -OCH3 is 1. The van der Waals surface area contributed by atoms with Gasteiger partial charge in [-0.2, -0.15) is 5.26 Å². The lowest BCUT2D eigenvalue weighted by molar-refractivity contribution is 0.296. The van der Waals surface area contributed by atoms with Crippen LogP contribution >= 0.6 is 0 Å². The van der Waals surface area contributed by atoms with Crippen LogP contribution in [0.2, 0.25) is 0 Å². The van der Waals surface area contributed by atoms with Crippen molar-refractivity contribution in [1.82, 2.24) is 0 Å². The second kappa shape index (κ2) is 6.19. The highest BCUT2D eigenvalue weighted by molar-refractivity contribution is 5.58. The molecule has 0 spiro atoms. The number of ether oxygens (including phenoxy) is 2. The Morgan fingerprint density at radius 3 is 2.57 bits per heavy atom. The van der Waals surface area contributed by atoms with Gasteiger partial charge in [0.15, 0.2) is 0 Å². The van der Waals surface area contributed by atoms with Gasteiger partial charge in [0, 0.05) is 5.56 Å². The van der Waals surface area contributed by atoms with E-state index in [1.165, 1.54) is 0 Å². The maximum absolute atomic E-state index is 8.98. The predicted molar refractivity (Wildman–Crippen MR) is 82.4 cm³/mol. The minimum atomic E-state index is 0.298. The molecule has 4 nitrogen and oxygen atoms in total. The Kier molecular flexibility index (Phi) is 4.34. The van der Waals surface area contributed by atoms with Crippen molar-refractivity contribution in [2.75, 3.05) is 12.8 Å². The number of hydrogen-bond donors (Lipinski definition) is 1. The van der Waals surface area contributed by atoms with Gasteiger partial charge in [-0.3, -0.25) is 0 Å². The minimum absolute atomic E-state index is 0.298. The smallest absolute Gasteiger partial charge is 0.145 e. The molecule has 0 bridgehead atoms. The summed E-state index contributed by atoms with van der Waals surface area (Å²) < 4.78 is 11.1. The van der Waals surface area contributed by atoms with Gasteiger partial charge in [-0.05, 0) is 49.2 Å². The summed E-state index contributed by atoms with van der Waals surface area (Å²) in [5.41, 5.74) is 10.1. The van der Waals surface area contributed by atoms with E-state index in [-0.39, 0.29) is 0 Å². The van der Waals surface area contributed by atoms with E-state index >= 15 is 0 Å². The molecule has 0 atom stereocenters. The van der Waals surface area contributed by atoms with Crippen molar-refractivity contribution in [2.45, 2.75) is 20.5 Å². The lowest BCUT2D eigenvalue weighted by Crippen LogP contribution is -2.03. The van der Waals surface area contributed by atoms with Crippen molar-refractivity contribution >= 4 is 5.69 Å². The molecule has 0 radical (unpaired) electrons. The molecule has 2 aromatic rings. The second-order valence-corrected chi connectivity index (χ2v) is 4.93. The number of benzene rings is 2. The van der Waals surface area contributed by atoms with E-state index < -0.39 is 0 Å². The van der Waals surface area contributed by atoms with Gasteiger partial charge in [-0.15, -0.1) is 0 Å². The zero-order valence-electron chi connectivity index (χ0n) is 12.4. The maximum atomic E-state index is 8.98. The normalized spacial score (nSPS) is 10.0. The molecule has 0 saturated heterocycles. The van der Waals surface area contributed by atoms with Gasteiger partial charge in [0.2, 0.25) is 0 Å². The van der Waals surface area contributed by atoms with Crippen molar-refractivity contribution in [2.24, 2.45) is 0 Å². The zero-order chi connectivity index (χ0) is 15.4. The van der Waals surface area contributed by atoms with Crippen molar-refractivity contribution in [3.8, 4) is 17.6 Å². The van der Waals surface area contributed by atoms with E-state index in [1.54, 1.807) is 25.3 Å². The number of nitrogens with two attached hydrogens (primary N) is 1. The lowest BCUT2D eigenvalue weighted by Gasteiger charge is -2.14. The maximum Gasteiger partial charge on any atom is 0.145 e. The standard InChI is InChI=1S/C17H18N2O2/c1-11-6-12(2)17(15(19)7-11)21-10-14-8-13(9-18)4-5-16(14)20-3/h4-8H,10,19H2,1-3H3. The average Bonchev–Trinajstić information content (AvgIpc) is 2.45. The lowest BCUT2D eigenvalue weighted by atomic mass is 10.1. The fourth-order valence-corrected chi connectivity index (χ4v) is 2.30. The summed E-state index contributed by atoms with van der Waals surface area (Å²) in [6, 6.07) is 11.3. The van der Waals surface area contributed by atoms with Crippen LogP contribution in [-0.4, -0.2) is 7.11 Å². The first-order valence-electron chi connectivity index (χ1n) is 6.61. The van der Waals surface area contributed by atoms with Crippen molar-refractivity contribution in [1.29, 1.82) is 5.26 Å². The van der Waals surface area contributed by atoms with Gasteiger partial charge >= 0.3 is 0 Å². The van der Waals surface area contributed by atoms with Crippen LogP contribution in [-0.2, 0) is 6.61 Å². The Morgan fingerprint density at radius 2 is 1.95 bits per heavy atom. The summed E-state index contributed by atoms with van der Waals surface area (Å²) in [6.45, 7) is 4.25. The summed E-state index contributed by atoms with van der Waals surface area (Å²) in [4.78, 5) is 0. The van der Waals surface area contributed by atoms with E-state index in [1.807, 2.05) is 26.0 Å². The fourth-order valence-electron chi connectivity index (χ4n) is 2.30. The van der Waals surface area contributed by atoms with Gasteiger partial charge in [-0.1, -0.05) is 6.07 Å². The molecule has 0 aromatic heterocycles. The van der Waals surface area contributed by atoms with Crippen molar-refractivity contribution < 1.29 is 9.47 Å².